The lowest BCUT2D eigenvalue weighted by Gasteiger charge is -2.36. The van der Waals surface area contributed by atoms with Gasteiger partial charge in [0.25, 0.3) is 0 Å². The quantitative estimate of drug-likeness (QED) is 0.672. The van der Waals surface area contributed by atoms with Gasteiger partial charge in [0.2, 0.25) is 0 Å². The van der Waals surface area contributed by atoms with Gasteiger partial charge in [0.1, 0.15) is 18.1 Å². The Labute approximate surface area is 82.6 Å². The zero-order valence-electron chi connectivity index (χ0n) is 8.08. The third kappa shape index (κ3) is 0.904. The van der Waals surface area contributed by atoms with Crippen LogP contribution in [0.1, 0.15) is 5.56 Å². The van der Waals surface area contributed by atoms with Crippen LogP contribution in [-0.2, 0) is 10.2 Å². The minimum Gasteiger partial charge on any atom is -0.497 e. The topological polar surface area (TPSA) is 27.7 Å². The Balaban J connectivity index is 2.04. The molecule has 1 fully saturated rings. The molecule has 1 spiro atoms. The number of benzene rings is 1. The number of hydrogen-bond acceptors (Lipinski definition) is 3. The largest absolute Gasteiger partial charge is 0.497 e. The van der Waals surface area contributed by atoms with Crippen molar-refractivity contribution in [3.05, 3.63) is 23.8 Å². The third-order valence-corrected chi connectivity index (χ3v) is 3.02. The summed E-state index contributed by atoms with van der Waals surface area (Å²) in [5, 5.41) is 0. The molecule has 0 bridgehead atoms. The smallest absolute Gasteiger partial charge is 0.127 e. The molecule has 2 heterocycles. The molecule has 1 saturated heterocycles. The second-order valence-electron chi connectivity index (χ2n) is 3.92. The van der Waals surface area contributed by atoms with Crippen molar-refractivity contribution in [3.63, 3.8) is 0 Å². The lowest BCUT2D eigenvalue weighted by molar-refractivity contribution is -0.0667. The van der Waals surface area contributed by atoms with Gasteiger partial charge in [-0.15, -0.1) is 0 Å². The van der Waals surface area contributed by atoms with Crippen LogP contribution < -0.4 is 9.47 Å². The predicted molar refractivity (Wildman–Crippen MR) is 51.0 cm³/mol. The molecule has 2 aliphatic rings. The first-order valence-electron chi connectivity index (χ1n) is 4.73. The van der Waals surface area contributed by atoms with Gasteiger partial charge in [0.15, 0.2) is 0 Å². The molecular weight excluding hydrogens is 180 g/mol. The molecule has 0 aliphatic carbocycles. The van der Waals surface area contributed by atoms with Crippen molar-refractivity contribution in [1.82, 2.24) is 0 Å². The summed E-state index contributed by atoms with van der Waals surface area (Å²) in [6.45, 7) is 2.31. The molecule has 3 rings (SSSR count). The molecular formula is C11H12O3. The van der Waals surface area contributed by atoms with Gasteiger partial charge in [-0.2, -0.15) is 0 Å². The Kier molecular flexibility index (Phi) is 1.53. The summed E-state index contributed by atoms with van der Waals surface area (Å²) in [5.74, 6) is 1.80. The van der Waals surface area contributed by atoms with Crippen LogP contribution in [0.5, 0.6) is 11.5 Å². The van der Waals surface area contributed by atoms with Crippen LogP contribution in [0.3, 0.4) is 0 Å². The fourth-order valence-corrected chi connectivity index (χ4v) is 2.07. The highest BCUT2D eigenvalue weighted by Crippen LogP contribution is 2.44. The number of hydrogen-bond donors (Lipinski definition) is 0. The van der Waals surface area contributed by atoms with Crippen molar-refractivity contribution < 1.29 is 14.2 Å². The van der Waals surface area contributed by atoms with E-state index in [1.54, 1.807) is 7.11 Å². The molecule has 0 amide bonds. The van der Waals surface area contributed by atoms with Gasteiger partial charge in [0, 0.05) is 11.6 Å². The molecule has 0 unspecified atom stereocenters. The minimum absolute atomic E-state index is 0.140. The van der Waals surface area contributed by atoms with Crippen molar-refractivity contribution in [2.45, 2.75) is 5.41 Å². The van der Waals surface area contributed by atoms with Gasteiger partial charge >= 0.3 is 0 Å². The van der Waals surface area contributed by atoms with Gasteiger partial charge in [0.05, 0.1) is 25.7 Å². The second-order valence-corrected chi connectivity index (χ2v) is 3.92. The van der Waals surface area contributed by atoms with Crippen molar-refractivity contribution in [2.24, 2.45) is 0 Å². The Hall–Kier alpha value is -1.22. The van der Waals surface area contributed by atoms with Crippen LogP contribution >= 0.6 is 0 Å². The predicted octanol–water partition coefficient (Wildman–Crippen LogP) is 1.36. The first kappa shape index (κ1) is 8.12. The summed E-state index contributed by atoms with van der Waals surface area (Å²) < 4.78 is 16.0. The fourth-order valence-electron chi connectivity index (χ4n) is 2.07. The van der Waals surface area contributed by atoms with Crippen molar-refractivity contribution in [2.75, 3.05) is 26.9 Å². The maximum absolute atomic E-state index is 5.64. The van der Waals surface area contributed by atoms with Gasteiger partial charge in [-0.3, -0.25) is 0 Å². The Morgan fingerprint density at radius 1 is 1.29 bits per heavy atom. The van der Waals surface area contributed by atoms with Crippen LogP contribution in [0, 0.1) is 0 Å². The number of fused-ring (bicyclic) bond motifs is 2. The lowest BCUT2D eigenvalue weighted by Crippen LogP contribution is -2.47. The average Bonchev–Trinajstić information content (AvgIpc) is 2.55. The third-order valence-electron chi connectivity index (χ3n) is 3.02. The van der Waals surface area contributed by atoms with Gasteiger partial charge < -0.3 is 14.2 Å². The first-order chi connectivity index (χ1) is 6.84. The Bertz CT molecular complexity index is 369. The van der Waals surface area contributed by atoms with Gasteiger partial charge in [-0.1, -0.05) is 6.07 Å². The summed E-state index contributed by atoms with van der Waals surface area (Å²) in [5.41, 5.74) is 1.41. The lowest BCUT2D eigenvalue weighted by atomic mass is 9.81. The van der Waals surface area contributed by atoms with Crippen LogP contribution in [0.25, 0.3) is 0 Å². The molecule has 2 aliphatic heterocycles. The molecule has 1 aromatic carbocycles. The maximum Gasteiger partial charge on any atom is 0.127 e. The molecule has 0 atom stereocenters. The summed E-state index contributed by atoms with van der Waals surface area (Å²) in [6.07, 6.45) is 0. The van der Waals surface area contributed by atoms with E-state index in [9.17, 15) is 0 Å². The van der Waals surface area contributed by atoms with Crippen LogP contribution in [-0.4, -0.2) is 26.9 Å². The summed E-state index contributed by atoms with van der Waals surface area (Å²) in [7, 11) is 1.67. The van der Waals surface area contributed by atoms with E-state index < -0.39 is 0 Å². The maximum atomic E-state index is 5.64. The monoisotopic (exact) mass is 192 g/mol. The standard InChI is InChI=1S/C11H12O3/c1-12-8-2-3-9-10(4-8)14-7-11(9)5-13-6-11/h2-4H,5-7H2,1H3. The van der Waals surface area contributed by atoms with Crippen LogP contribution in [0.2, 0.25) is 0 Å². The van der Waals surface area contributed by atoms with E-state index in [0.717, 1.165) is 31.3 Å². The van der Waals surface area contributed by atoms with Crippen molar-refractivity contribution in [1.29, 1.82) is 0 Å². The van der Waals surface area contributed by atoms with E-state index in [-0.39, 0.29) is 5.41 Å². The van der Waals surface area contributed by atoms with Crippen LogP contribution in [0.4, 0.5) is 0 Å². The molecule has 0 saturated carbocycles. The summed E-state index contributed by atoms with van der Waals surface area (Å²) >= 11 is 0. The van der Waals surface area contributed by atoms with Gasteiger partial charge in [-0.25, -0.2) is 0 Å². The van der Waals surface area contributed by atoms with E-state index in [1.807, 2.05) is 12.1 Å². The van der Waals surface area contributed by atoms with E-state index in [2.05, 4.69) is 6.07 Å². The highest BCUT2D eigenvalue weighted by Gasteiger charge is 2.47. The number of rotatable bonds is 1. The number of methoxy groups -OCH3 is 1. The molecule has 1 aromatic rings. The fraction of sp³-hybridized carbons (Fsp3) is 0.455. The summed E-state index contributed by atoms with van der Waals surface area (Å²) in [4.78, 5) is 0. The van der Waals surface area contributed by atoms with E-state index >= 15 is 0 Å². The van der Waals surface area contributed by atoms with Crippen LogP contribution in [0.15, 0.2) is 18.2 Å². The molecule has 0 radical (unpaired) electrons. The first-order valence-corrected chi connectivity index (χ1v) is 4.73. The molecule has 3 heteroatoms. The van der Waals surface area contributed by atoms with Crippen molar-refractivity contribution >= 4 is 0 Å². The summed E-state index contributed by atoms with van der Waals surface area (Å²) in [6, 6.07) is 6.01. The highest BCUT2D eigenvalue weighted by molar-refractivity contribution is 5.49. The molecule has 3 nitrogen and oxygen atoms in total. The van der Waals surface area contributed by atoms with E-state index in [1.165, 1.54) is 5.56 Å². The molecule has 0 N–H and O–H groups in total. The van der Waals surface area contributed by atoms with E-state index in [4.69, 9.17) is 14.2 Å². The molecule has 74 valence electrons. The molecule has 14 heavy (non-hydrogen) atoms. The Morgan fingerprint density at radius 2 is 2.14 bits per heavy atom. The number of ether oxygens (including phenoxy) is 3. The highest BCUT2D eigenvalue weighted by atomic mass is 16.5. The zero-order chi connectivity index (χ0) is 9.60. The molecule has 0 aromatic heterocycles. The van der Waals surface area contributed by atoms with E-state index in [0.29, 0.717) is 0 Å². The second kappa shape index (κ2) is 2.64. The average molecular weight is 192 g/mol. The van der Waals surface area contributed by atoms with Crippen molar-refractivity contribution in [3.8, 4) is 11.5 Å². The SMILES string of the molecule is COc1ccc2c(c1)OCC21COC1. The Morgan fingerprint density at radius 3 is 2.79 bits per heavy atom. The zero-order valence-corrected chi connectivity index (χ0v) is 8.08. The normalized spacial score (nSPS) is 21.2. The van der Waals surface area contributed by atoms with Gasteiger partial charge in [-0.05, 0) is 6.07 Å². The minimum atomic E-state index is 0.140.